The number of methoxy groups -OCH3 is 1. The van der Waals surface area contributed by atoms with Crippen LogP contribution in [0.4, 0.5) is 10.5 Å². The molecule has 2 amide bonds. The highest BCUT2D eigenvalue weighted by atomic mass is 16.6. The lowest BCUT2D eigenvalue weighted by Gasteiger charge is -2.34. The van der Waals surface area contributed by atoms with Gasteiger partial charge in [-0.1, -0.05) is 24.0 Å². The van der Waals surface area contributed by atoms with E-state index in [1.807, 2.05) is 18.2 Å². The number of benzene rings is 2. The van der Waals surface area contributed by atoms with E-state index < -0.39 is 35.2 Å². The van der Waals surface area contributed by atoms with Crippen molar-refractivity contribution < 1.29 is 23.9 Å². The van der Waals surface area contributed by atoms with Gasteiger partial charge >= 0.3 is 12.1 Å². The number of alkyl carbamates (subject to hydrolysis) is 1. The van der Waals surface area contributed by atoms with Crippen molar-refractivity contribution in [3.63, 3.8) is 0 Å². The smallest absolute Gasteiger partial charge is 0.408 e. The molecule has 0 heterocycles. The lowest BCUT2D eigenvalue weighted by Crippen LogP contribution is -2.62. The monoisotopic (exact) mass is 465 g/mol. The van der Waals surface area contributed by atoms with E-state index >= 15 is 0 Å². The molecule has 0 bridgehead atoms. The van der Waals surface area contributed by atoms with Crippen molar-refractivity contribution in [2.24, 2.45) is 0 Å². The average molecular weight is 466 g/mol. The van der Waals surface area contributed by atoms with E-state index in [1.165, 1.54) is 7.11 Å². The molecule has 180 valence electrons. The Morgan fingerprint density at radius 2 is 1.56 bits per heavy atom. The quantitative estimate of drug-likeness (QED) is 0.354. The van der Waals surface area contributed by atoms with Gasteiger partial charge in [0, 0.05) is 22.4 Å². The number of hydrogen-bond acceptors (Lipinski definition) is 6. The van der Waals surface area contributed by atoms with Gasteiger partial charge in [0.1, 0.15) is 11.6 Å². The summed E-state index contributed by atoms with van der Waals surface area (Å²) in [6.45, 7) is 8.35. The summed E-state index contributed by atoms with van der Waals surface area (Å²) in [4.78, 5) is 37.5. The van der Waals surface area contributed by atoms with Crippen molar-refractivity contribution in [2.45, 2.75) is 51.8 Å². The van der Waals surface area contributed by atoms with Gasteiger partial charge in [0.25, 0.3) is 5.91 Å². The summed E-state index contributed by atoms with van der Waals surface area (Å²) in [5.41, 5.74) is 6.28. The standard InChI is InChI=1S/C26H31N3O5/c1-25(2,3)34-24(32)29-26(4,5)21(23(31)33-6)28-22(30)19-15-12-17(13-16-19)11-14-18-9-7-8-10-20(18)27/h7-10,12-13,15-16,21H,27H2,1-6H3,(H,28,30)(H,29,32). The molecule has 8 heteroatoms. The van der Waals surface area contributed by atoms with Crippen LogP contribution < -0.4 is 16.4 Å². The molecule has 0 fully saturated rings. The summed E-state index contributed by atoms with van der Waals surface area (Å²) in [5, 5.41) is 5.27. The Hall–Kier alpha value is -3.99. The van der Waals surface area contributed by atoms with Gasteiger partial charge in [-0.2, -0.15) is 0 Å². The van der Waals surface area contributed by atoms with Crippen molar-refractivity contribution in [2.75, 3.05) is 12.8 Å². The van der Waals surface area contributed by atoms with Crippen molar-refractivity contribution in [3.05, 3.63) is 65.2 Å². The van der Waals surface area contributed by atoms with Crippen LogP contribution in [-0.2, 0) is 14.3 Å². The fourth-order valence-electron chi connectivity index (χ4n) is 2.96. The summed E-state index contributed by atoms with van der Waals surface area (Å²) in [7, 11) is 1.21. The highest BCUT2D eigenvalue weighted by Gasteiger charge is 2.39. The molecular formula is C26H31N3O5. The second-order valence-corrected chi connectivity index (χ2v) is 9.19. The summed E-state index contributed by atoms with van der Waals surface area (Å²) in [6, 6.07) is 12.7. The maximum absolute atomic E-state index is 12.9. The van der Waals surface area contributed by atoms with Crippen LogP contribution in [0.15, 0.2) is 48.5 Å². The maximum Gasteiger partial charge on any atom is 0.408 e. The number of ether oxygens (including phenoxy) is 2. The molecule has 0 spiro atoms. The summed E-state index contributed by atoms with van der Waals surface area (Å²) in [5.74, 6) is 4.78. The highest BCUT2D eigenvalue weighted by molar-refractivity contribution is 5.97. The topological polar surface area (TPSA) is 120 Å². The number of nitrogens with two attached hydrogens (primary N) is 1. The van der Waals surface area contributed by atoms with E-state index in [4.69, 9.17) is 15.2 Å². The molecular weight excluding hydrogens is 434 g/mol. The minimum absolute atomic E-state index is 0.312. The van der Waals surface area contributed by atoms with Gasteiger partial charge in [0.15, 0.2) is 0 Å². The molecule has 0 aliphatic heterocycles. The number of anilines is 1. The van der Waals surface area contributed by atoms with Gasteiger partial charge in [-0.25, -0.2) is 9.59 Å². The number of nitrogen functional groups attached to an aromatic ring is 1. The van der Waals surface area contributed by atoms with Crippen LogP contribution in [0.2, 0.25) is 0 Å². The van der Waals surface area contributed by atoms with E-state index in [2.05, 4.69) is 22.5 Å². The van der Waals surface area contributed by atoms with E-state index in [1.54, 1.807) is 65.0 Å². The van der Waals surface area contributed by atoms with Crippen molar-refractivity contribution in [1.29, 1.82) is 0 Å². The van der Waals surface area contributed by atoms with Gasteiger partial charge in [-0.15, -0.1) is 0 Å². The van der Waals surface area contributed by atoms with Crippen LogP contribution in [0.5, 0.6) is 0 Å². The minimum Gasteiger partial charge on any atom is -0.467 e. The molecule has 34 heavy (non-hydrogen) atoms. The Balaban J connectivity index is 2.16. The molecule has 0 aliphatic carbocycles. The van der Waals surface area contributed by atoms with Crippen LogP contribution in [0.1, 0.15) is 56.1 Å². The van der Waals surface area contributed by atoms with Gasteiger partial charge in [0.2, 0.25) is 0 Å². The fraction of sp³-hybridized carbons (Fsp3) is 0.346. The zero-order chi connectivity index (χ0) is 25.5. The Kier molecular flexibility index (Phi) is 8.31. The molecule has 4 N–H and O–H groups in total. The van der Waals surface area contributed by atoms with Crippen LogP contribution >= 0.6 is 0 Å². The Morgan fingerprint density at radius 3 is 2.12 bits per heavy atom. The first-order valence-corrected chi connectivity index (χ1v) is 10.7. The second-order valence-electron chi connectivity index (χ2n) is 9.19. The zero-order valence-electron chi connectivity index (χ0n) is 20.3. The molecule has 0 saturated heterocycles. The Bertz CT molecular complexity index is 1110. The van der Waals surface area contributed by atoms with Gasteiger partial charge < -0.3 is 25.8 Å². The lowest BCUT2D eigenvalue weighted by molar-refractivity contribution is -0.144. The number of para-hydroxylation sites is 1. The van der Waals surface area contributed by atoms with Crippen molar-refractivity contribution in [1.82, 2.24) is 10.6 Å². The van der Waals surface area contributed by atoms with E-state index in [0.29, 0.717) is 22.4 Å². The molecule has 8 nitrogen and oxygen atoms in total. The predicted octanol–water partition coefficient (Wildman–Crippen LogP) is 3.24. The Labute approximate surface area is 200 Å². The normalized spacial score (nSPS) is 11.9. The molecule has 0 aromatic heterocycles. The zero-order valence-corrected chi connectivity index (χ0v) is 20.3. The number of carbonyl (C=O) groups excluding carboxylic acids is 3. The van der Waals surface area contributed by atoms with Gasteiger partial charge in [0.05, 0.1) is 12.6 Å². The molecule has 0 aliphatic rings. The van der Waals surface area contributed by atoms with E-state index in [9.17, 15) is 14.4 Å². The molecule has 2 aromatic carbocycles. The first kappa shape index (κ1) is 26.3. The average Bonchev–Trinajstić information content (AvgIpc) is 2.74. The third-order valence-corrected chi connectivity index (χ3v) is 4.71. The summed E-state index contributed by atoms with van der Waals surface area (Å²) in [6.07, 6.45) is -0.720. The number of amides is 2. The van der Waals surface area contributed by atoms with Crippen molar-refractivity contribution in [3.8, 4) is 11.8 Å². The van der Waals surface area contributed by atoms with Crippen molar-refractivity contribution >= 4 is 23.7 Å². The van der Waals surface area contributed by atoms with Gasteiger partial charge in [-0.05, 0) is 71.0 Å². The van der Waals surface area contributed by atoms with Crippen LogP contribution in [0.3, 0.4) is 0 Å². The molecule has 0 saturated carbocycles. The number of nitrogens with one attached hydrogen (secondary N) is 2. The largest absolute Gasteiger partial charge is 0.467 e. The minimum atomic E-state index is -1.20. The Morgan fingerprint density at radius 1 is 0.941 bits per heavy atom. The molecule has 2 aromatic rings. The molecule has 1 atom stereocenters. The summed E-state index contributed by atoms with van der Waals surface area (Å²) < 4.78 is 10.1. The first-order chi connectivity index (χ1) is 15.8. The SMILES string of the molecule is COC(=O)C(NC(=O)c1ccc(C#Cc2ccccc2N)cc1)C(C)(C)NC(=O)OC(C)(C)C. The number of hydrogen-bond donors (Lipinski definition) is 3. The molecule has 1 unspecified atom stereocenters. The third-order valence-electron chi connectivity index (χ3n) is 4.71. The number of carbonyl (C=O) groups is 3. The third kappa shape index (κ3) is 7.55. The van der Waals surface area contributed by atoms with Crippen LogP contribution in [-0.4, -0.2) is 42.3 Å². The molecule has 2 rings (SSSR count). The molecule has 0 radical (unpaired) electrons. The van der Waals surface area contributed by atoms with Crippen LogP contribution in [0, 0.1) is 11.8 Å². The first-order valence-electron chi connectivity index (χ1n) is 10.7. The van der Waals surface area contributed by atoms with Gasteiger partial charge in [-0.3, -0.25) is 4.79 Å². The predicted molar refractivity (Wildman–Crippen MR) is 130 cm³/mol. The summed E-state index contributed by atoms with van der Waals surface area (Å²) >= 11 is 0. The second kappa shape index (κ2) is 10.8. The van der Waals surface area contributed by atoms with Crippen LogP contribution in [0.25, 0.3) is 0 Å². The number of rotatable bonds is 5. The highest BCUT2D eigenvalue weighted by Crippen LogP contribution is 2.15. The van der Waals surface area contributed by atoms with E-state index in [-0.39, 0.29) is 0 Å². The fourth-order valence-corrected chi connectivity index (χ4v) is 2.96. The van der Waals surface area contributed by atoms with E-state index in [0.717, 1.165) is 0 Å². The lowest BCUT2D eigenvalue weighted by atomic mass is 9.94. The maximum atomic E-state index is 12.9. The number of esters is 1.